The summed E-state index contributed by atoms with van der Waals surface area (Å²) in [6.45, 7) is 2.05. The van der Waals surface area contributed by atoms with Gasteiger partial charge in [0.05, 0.1) is 5.69 Å². The Kier molecular flexibility index (Phi) is 4.28. The summed E-state index contributed by atoms with van der Waals surface area (Å²) in [5.41, 5.74) is 6.41. The van der Waals surface area contributed by atoms with Crippen LogP contribution in [0.5, 0.6) is 0 Å². The van der Waals surface area contributed by atoms with Crippen LogP contribution in [-0.4, -0.2) is 5.16 Å². The van der Waals surface area contributed by atoms with E-state index in [1.807, 2.05) is 12.1 Å². The normalized spacial score (nSPS) is 16.8. The molecule has 4 rings (SSSR count). The van der Waals surface area contributed by atoms with Gasteiger partial charge in [-0.25, -0.2) is 0 Å². The Morgan fingerprint density at radius 2 is 1.83 bits per heavy atom. The van der Waals surface area contributed by atoms with E-state index in [2.05, 4.69) is 64.4 Å². The second kappa shape index (κ2) is 6.56. The third kappa shape index (κ3) is 3.05. The lowest BCUT2D eigenvalue weighted by atomic mass is 9.80. The zero-order valence-corrected chi connectivity index (χ0v) is 15.3. The fraction of sp³-hybridized carbons (Fsp3) is 0.286. The molecule has 2 aromatic carbocycles. The van der Waals surface area contributed by atoms with Crippen LogP contribution in [0, 0.1) is 12.8 Å². The third-order valence-electron chi connectivity index (χ3n) is 5.03. The SMILES string of the molecule is Cc1noc(-c2ccc(Br)cc2)c1CC1CCc2ccccc2C1. The van der Waals surface area contributed by atoms with Crippen LogP contribution in [0.4, 0.5) is 0 Å². The molecule has 122 valence electrons. The maximum atomic E-state index is 5.67. The van der Waals surface area contributed by atoms with E-state index >= 15 is 0 Å². The van der Waals surface area contributed by atoms with Crippen molar-refractivity contribution in [2.45, 2.75) is 32.6 Å². The average Bonchev–Trinajstić information content (AvgIpc) is 2.96. The first-order valence-electron chi connectivity index (χ1n) is 8.48. The van der Waals surface area contributed by atoms with Crippen molar-refractivity contribution < 1.29 is 4.52 Å². The molecule has 1 atom stereocenters. The van der Waals surface area contributed by atoms with Crippen molar-refractivity contribution in [3.63, 3.8) is 0 Å². The third-order valence-corrected chi connectivity index (χ3v) is 5.56. The van der Waals surface area contributed by atoms with Crippen molar-refractivity contribution in [2.75, 3.05) is 0 Å². The molecule has 0 saturated heterocycles. The number of fused-ring (bicyclic) bond motifs is 1. The molecule has 0 spiro atoms. The number of aromatic nitrogens is 1. The lowest BCUT2D eigenvalue weighted by molar-refractivity contribution is 0.424. The predicted molar refractivity (Wildman–Crippen MR) is 100 cm³/mol. The first kappa shape index (κ1) is 15.6. The van der Waals surface area contributed by atoms with Crippen LogP contribution in [0.2, 0.25) is 0 Å². The van der Waals surface area contributed by atoms with Gasteiger partial charge in [0.25, 0.3) is 0 Å². The van der Waals surface area contributed by atoms with Crippen molar-refractivity contribution in [2.24, 2.45) is 5.92 Å². The summed E-state index contributed by atoms with van der Waals surface area (Å²) in [7, 11) is 0. The van der Waals surface area contributed by atoms with Crippen LogP contribution in [0.25, 0.3) is 11.3 Å². The maximum Gasteiger partial charge on any atom is 0.170 e. The minimum Gasteiger partial charge on any atom is -0.356 e. The molecule has 0 aliphatic heterocycles. The molecular formula is C21H20BrNO. The highest BCUT2D eigenvalue weighted by Crippen LogP contribution is 2.33. The first-order valence-corrected chi connectivity index (χ1v) is 9.28. The number of hydrogen-bond acceptors (Lipinski definition) is 2. The van der Waals surface area contributed by atoms with Crippen LogP contribution in [0.15, 0.2) is 57.5 Å². The molecule has 24 heavy (non-hydrogen) atoms. The molecule has 1 aromatic heterocycles. The molecular weight excluding hydrogens is 362 g/mol. The molecule has 0 N–H and O–H groups in total. The van der Waals surface area contributed by atoms with Gasteiger partial charge in [0.15, 0.2) is 5.76 Å². The van der Waals surface area contributed by atoms with E-state index < -0.39 is 0 Å². The number of nitrogens with zero attached hydrogens (tertiary/aromatic N) is 1. The van der Waals surface area contributed by atoms with Crippen molar-refractivity contribution in [1.82, 2.24) is 5.16 Å². The van der Waals surface area contributed by atoms with Gasteiger partial charge >= 0.3 is 0 Å². The summed E-state index contributed by atoms with van der Waals surface area (Å²) < 4.78 is 6.74. The molecule has 3 heteroatoms. The summed E-state index contributed by atoms with van der Waals surface area (Å²) in [6, 6.07) is 17.1. The lowest BCUT2D eigenvalue weighted by Gasteiger charge is -2.24. The van der Waals surface area contributed by atoms with Crippen LogP contribution >= 0.6 is 15.9 Å². The van der Waals surface area contributed by atoms with E-state index in [1.165, 1.54) is 29.5 Å². The molecule has 0 radical (unpaired) electrons. The van der Waals surface area contributed by atoms with Gasteiger partial charge in [0, 0.05) is 15.6 Å². The summed E-state index contributed by atoms with van der Waals surface area (Å²) in [5.74, 6) is 1.59. The van der Waals surface area contributed by atoms with Gasteiger partial charge in [0.1, 0.15) is 0 Å². The molecule has 0 bridgehead atoms. The zero-order valence-electron chi connectivity index (χ0n) is 13.8. The Hall–Kier alpha value is -1.87. The average molecular weight is 382 g/mol. The van der Waals surface area contributed by atoms with Gasteiger partial charge in [-0.05, 0) is 61.8 Å². The minimum absolute atomic E-state index is 0.659. The summed E-state index contributed by atoms with van der Waals surface area (Å²) >= 11 is 3.49. The zero-order chi connectivity index (χ0) is 16.5. The second-order valence-corrected chi connectivity index (χ2v) is 7.58. The van der Waals surface area contributed by atoms with Gasteiger partial charge < -0.3 is 4.52 Å². The van der Waals surface area contributed by atoms with E-state index in [9.17, 15) is 0 Å². The number of rotatable bonds is 3. The summed E-state index contributed by atoms with van der Waals surface area (Å²) in [4.78, 5) is 0. The fourth-order valence-electron chi connectivity index (χ4n) is 3.69. The summed E-state index contributed by atoms with van der Waals surface area (Å²) in [5, 5.41) is 4.24. The number of halogens is 1. The van der Waals surface area contributed by atoms with Gasteiger partial charge in [-0.1, -0.05) is 57.5 Å². The fourth-order valence-corrected chi connectivity index (χ4v) is 3.96. The minimum atomic E-state index is 0.659. The van der Waals surface area contributed by atoms with Gasteiger partial charge in [-0.15, -0.1) is 0 Å². The highest BCUT2D eigenvalue weighted by Gasteiger charge is 2.23. The van der Waals surface area contributed by atoms with Crippen LogP contribution in [0.1, 0.15) is 28.8 Å². The van der Waals surface area contributed by atoms with Crippen LogP contribution in [-0.2, 0) is 19.3 Å². The molecule has 1 aliphatic rings. The number of hydrogen-bond donors (Lipinski definition) is 0. The van der Waals surface area contributed by atoms with Gasteiger partial charge in [-0.2, -0.15) is 0 Å². The molecule has 2 nitrogen and oxygen atoms in total. The largest absolute Gasteiger partial charge is 0.356 e. The quantitative estimate of drug-likeness (QED) is 0.576. The lowest BCUT2D eigenvalue weighted by Crippen LogP contribution is -2.16. The van der Waals surface area contributed by atoms with Crippen LogP contribution in [0.3, 0.4) is 0 Å². The first-order chi connectivity index (χ1) is 11.7. The van der Waals surface area contributed by atoms with E-state index in [1.54, 1.807) is 0 Å². The van der Waals surface area contributed by atoms with Crippen molar-refractivity contribution in [3.05, 3.63) is 75.4 Å². The van der Waals surface area contributed by atoms with E-state index in [-0.39, 0.29) is 0 Å². The van der Waals surface area contributed by atoms with Crippen molar-refractivity contribution in [3.8, 4) is 11.3 Å². The molecule has 0 fully saturated rings. The molecule has 1 heterocycles. The Bertz CT molecular complexity index is 851. The van der Waals surface area contributed by atoms with Crippen molar-refractivity contribution >= 4 is 15.9 Å². The summed E-state index contributed by atoms with van der Waals surface area (Å²) in [6.07, 6.45) is 4.61. The topological polar surface area (TPSA) is 26.0 Å². The van der Waals surface area contributed by atoms with Crippen molar-refractivity contribution in [1.29, 1.82) is 0 Å². The maximum absolute atomic E-state index is 5.67. The Balaban J connectivity index is 1.59. The van der Waals surface area contributed by atoms with E-state index in [0.717, 1.165) is 34.3 Å². The molecule has 1 unspecified atom stereocenters. The van der Waals surface area contributed by atoms with Gasteiger partial charge in [-0.3, -0.25) is 0 Å². The highest BCUT2D eigenvalue weighted by atomic mass is 79.9. The predicted octanol–water partition coefficient (Wildman–Crippen LogP) is 5.76. The van der Waals surface area contributed by atoms with Gasteiger partial charge in [0.2, 0.25) is 0 Å². The van der Waals surface area contributed by atoms with E-state index in [0.29, 0.717) is 5.92 Å². The number of aryl methyl sites for hydroxylation is 2. The molecule has 3 aromatic rings. The Labute approximate surface area is 151 Å². The Morgan fingerprint density at radius 3 is 2.62 bits per heavy atom. The smallest absolute Gasteiger partial charge is 0.170 e. The second-order valence-electron chi connectivity index (χ2n) is 6.66. The Morgan fingerprint density at radius 1 is 1.08 bits per heavy atom. The molecule has 0 saturated carbocycles. The monoisotopic (exact) mass is 381 g/mol. The molecule has 0 amide bonds. The van der Waals surface area contributed by atoms with E-state index in [4.69, 9.17) is 4.52 Å². The molecule has 1 aliphatic carbocycles. The standard InChI is InChI=1S/C21H20BrNO/c1-14-20(21(24-23-14)17-8-10-19(22)11-9-17)13-15-6-7-16-4-2-3-5-18(16)12-15/h2-5,8-11,15H,6-7,12-13H2,1H3. The number of benzene rings is 2. The highest BCUT2D eigenvalue weighted by molar-refractivity contribution is 9.10. The van der Waals surface area contributed by atoms with Crippen LogP contribution < -0.4 is 0 Å².